The number of imide groups is 2. The van der Waals surface area contributed by atoms with E-state index in [2.05, 4.69) is 10.4 Å². The number of aromatic hydroxyl groups is 1. The molecule has 0 spiro atoms. The number of fused-ring (bicyclic) bond motifs is 4. The number of hydrogen-bond acceptors (Lipinski definition) is 9. The van der Waals surface area contributed by atoms with Crippen LogP contribution in [-0.2, 0) is 30.8 Å². The summed E-state index contributed by atoms with van der Waals surface area (Å²) in [4.78, 5) is 63.5. The monoisotopic (exact) mass is 804 g/mol. The van der Waals surface area contributed by atoms with Gasteiger partial charge in [0, 0.05) is 17.1 Å². The van der Waals surface area contributed by atoms with Gasteiger partial charge in [0.25, 0.3) is 11.8 Å². The van der Waals surface area contributed by atoms with Crippen molar-refractivity contribution >= 4 is 70.9 Å². The zero-order valence-corrected chi connectivity index (χ0v) is 30.7. The van der Waals surface area contributed by atoms with Gasteiger partial charge in [-0.05, 0) is 84.2 Å². The summed E-state index contributed by atoms with van der Waals surface area (Å²) in [6.45, 7) is 1.67. The number of allylic oxidation sites excluding steroid dienone is 2. The Kier molecular flexibility index (Phi) is 9.07. The predicted octanol–water partition coefficient (Wildman–Crippen LogP) is 5.29. The lowest BCUT2D eigenvalue weighted by Crippen LogP contribution is -2.53. The fraction of sp³-hybridized carbons (Fsp3) is 0.256. The van der Waals surface area contributed by atoms with E-state index in [4.69, 9.17) is 23.2 Å². The van der Waals surface area contributed by atoms with Crippen molar-refractivity contribution in [2.75, 3.05) is 10.3 Å². The van der Waals surface area contributed by atoms with Crippen molar-refractivity contribution in [3.8, 4) is 5.75 Å². The fourth-order valence-electron chi connectivity index (χ4n) is 9.09. The smallest absolute Gasteiger partial charge is 0.488 e. The number of nitrogens with one attached hydrogen (secondary N) is 1. The molecule has 3 heterocycles. The van der Waals surface area contributed by atoms with Crippen molar-refractivity contribution in [2.45, 2.75) is 37.3 Å². The highest BCUT2D eigenvalue weighted by molar-refractivity contribution is 6.58. The number of halogens is 5. The molecule has 11 nitrogen and oxygen atoms in total. The Bertz CT molecular complexity index is 2380. The number of phenolic OH excluding ortho intramolecular Hbond substituents is 1. The fourth-order valence-corrected chi connectivity index (χ4v) is 9.43. The van der Waals surface area contributed by atoms with Crippen LogP contribution in [0, 0.1) is 30.6 Å². The molecule has 1 saturated carbocycles. The molecule has 2 aliphatic heterocycles. The summed E-state index contributed by atoms with van der Waals surface area (Å²) in [6, 6.07) is 17.5. The van der Waals surface area contributed by atoms with Crippen LogP contribution in [0.3, 0.4) is 0 Å². The second-order valence-corrected chi connectivity index (χ2v) is 15.3. The third-order valence-electron chi connectivity index (χ3n) is 11.5. The SMILES string of the molecule is Cc1cc(C2C3=CCC4C(=O)N(c5cccc(B(O)O)c5)C(=O)C4C3CC3C(=O)N(Nc4ncc(C(F)(F)F)cc4Cl)C(=O)C32c2ccc(Cl)cc2)ccc1O. The number of pyridine rings is 1. The van der Waals surface area contributed by atoms with Gasteiger partial charge in [0.15, 0.2) is 5.82 Å². The molecule has 2 aliphatic carbocycles. The Balaban J connectivity index is 1.30. The molecule has 8 rings (SSSR count). The summed E-state index contributed by atoms with van der Waals surface area (Å²) in [5.41, 5.74) is 1.88. The van der Waals surface area contributed by atoms with Crippen molar-refractivity contribution < 1.29 is 47.5 Å². The molecule has 286 valence electrons. The zero-order valence-electron chi connectivity index (χ0n) is 29.2. The molecule has 4 amide bonds. The third-order valence-corrected chi connectivity index (χ3v) is 12.1. The molecule has 3 aromatic carbocycles. The lowest BCUT2D eigenvalue weighted by molar-refractivity contribution is -0.139. The van der Waals surface area contributed by atoms with Gasteiger partial charge in [0.05, 0.1) is 39.4 Å². The number of carbonyl (C=O) groups excluding carboxylic acids is 4. The quantitative estimate of drug-likeness (QED) is 0.115. The Morgan fingerprint density at radius 3 is 2.32 bits per heavy atom. The normalized spacial score (nSPS) is 25.9. The Hall–Kier alpha value is -5.22. The van der Waals surface area contributed by atoms with Crippen LogP contribution in [0.1, 0.15) is 41.0 Å². The molecular formula is C39H30BCl2F3N4O7. The second kappa shape index (κ2) is 13.5. The summed E-state index contributed by atoms with van der Waals surface area (Å²) in [5, 5.41) is 30.7. The maximum Gasteiger partial charge on any atom is 0.488 e. The first-order valence-corrected chi connectivity index (χ1v) is 18.3. The minimum atomic E-state index is -4.77. The first-order valence-electron chi connectivity index (χ1n) is 17.5. The predicted molar refractivity (Wildman–Crippen MR) is 198 cm³/mol. The van der Waals surface area contributed by atoms with Crippen LogP contribution in [0.5, 0.6) is 5.75 Å². The molecule has 6 atom stereocenters. The van der Waals surface area contributed by atoms with Crippen LogP contribution in [0.4, 0.5) is 24.7 Å². The van der Waals surface area contributed by atoms with Gasteiger partial charge >= 0.3 is 13.3 Å². The molecule has 17 heteroatoms. The Morgan fingerprint density at radius 1 is 0.929 bits per heavy atom. The minimum Gasteiger partial charge on any atom is -0.508 e. The second-order valence-electron chi connectivity index (χ2n) is 14.4. The van der Waals surface area contributed by atoms with Crippen LogP contribution < -0.4 is 15.8 Å². The number of amides is 4. The first kappa shape index (κ1) is 37.7. The molecule has 1 aromatic heterocycles. The lowest BCUT2D eigenvalue weighted by Gasteiger charge is -2.50. The van der Waals surface area contributed by atoms with Crippen molar-refractivity contribution in [3.05, 3.63) is 123 Å². The molecule has 4 aliphatic rings. The molecule has 56 heavy (non-hydrogen) atoms. The van der Waals surface area contributed by atoms with Gasteiger partial charge in [-0.25, -0.2) is 4.98 Å². The summed E-state index contributed by atoms with van der Waals surface area (Å²) in [5.74, 6) is -7.83. The number of anilines is 2. The van der Waals surface area contributed by atoms with E-state index >= 15 is 4.79 Å². The van der Waals surface area contributed by atoms with Gasteiger partial charge < -0.3 is 15.2 Å². The summed E-state index contributed by atoms with van der Waals surface area (Å²) in [7, 11) is -1.86. The van der Waals surface area contributed by atoms with Crippen LogP contribution in [0.15, 0.2) is 90.6 Å². The van der Waals surface area contributed by atoms with Crippen LogP contribution in [-0.4, -0.2) is 55.9 Å². The zero-order chi connectivity index (χ0) is 40.0. The average molecular weight is 805 g/mol. The third kappa shape index (κ3) is 5.70. The van der Waals surface area contributed by atoms with E-state index in [0.29, 0.717) is 44.6 Å². The number of alkyl halides is 3. The number of rotatable bonds is 6. The molecule has 0 bridgehead atoms. The molecule has 4 aromatic rings. The van der Waals surface area contributed by atoms with Gasteiger partial charge in [-0.15, -0.1) is 0 Å². The van der Waals surface area contributed by atoms with E-state index in [9.17, 15) is 42.7 Å². The number of phenols is 1. The standard InChI is InChI=1S/C39H30BCl2F3N4O7/c1-18-13-19(5-12-30(18)50)32-25-10-11-26-31(36(53)48(34(26)51)24-4-2-3-22(15-24)40(55)56)27(25)16-28-35(52)49(37(54)38(28,32)20-6-8-23(41)9-7-20)47-33-29(42)14-21(17-46-33)39(43,44)45/h2-10,12-15,17,26-28,31-32,50,55-56H,11,16H2,1H3,(H,46,47). The van der Waals surface area contributed by atoms with E-state index in [1.807, 2.05) is 6.08 Å². The number of aryl methyl sites for hydroxylation is 1. The van der Waals surface area contributed by atoms with E-state index in [1.165, 1.54) is 30.3 Å². The Labute approximate surface area is 327 Å². The van der Waals surface area contributed by atoms with E-state index < -0.39 is 82.5 Å². The molecular weight excluding hydrogens is 775 g/mol. The lowest BCUT2D eigenvalue weighted by atomic mass is 9.49. The van der Waals surface area contributed by atoms with Gasteiger partial charge in [-0.2, -0.15) is 18.2 Å². The maximum atomic E-state index is 15.3. The number of nitrogens with zero attached hydrogens (tertiary/aromatic N) is 3. The molecule has 0 radical (unpaired) electrons. The van der Waals surface area contributed by atoms with E-state index in [-0.39, 0.29) is 35.6 Å². The highest BCUT2D eigenvalue weighted by Crippen LogP contribution is 2.64. The molecule has 3 fully saturated rings. The minimum absolute atomic E-state index is 0.0292. The molecule has 4 N–H and O–H groups in total. The highest BCUT2D eigenvalue weighted by Gasteiger charge is 2.70. The number of carbonyl (C=O) groups is 4. The van der Waals surface area contributed by atoms with Crippen LogP contribution in [0.2, 0.25) is 10.0 Å². The van der Waals surface area contributed by atoms with E-state index in [1.54, 1.807) is 43.3 Å². The summed E-state index contributed by atoms with van der Waals surface area (Å²) < 4.78 is 40.4. The van der Waals surface area contributed by atoms with E-state index in [0.717, 1.165) is 4.90 Å². The largest absolute Gasteiger partial charge is 0.508 e. The van der Waals surface area contributed by atoms with Crippen LogP contribution >= 0.6 is 23.2 Å². The molecule has 2 saturated heterocycles. The van der Waals surface area contributed by atoms with Crippen molar-refractivity contribution in [2.24, 2.45) is 23.7 Å². The summed E-state index contributed by atoms with van der Waals surface area (Å²) >= 11 is 12.6. The summed E-state index contributed by atoms with van der Waals surface area (Å²) in [6.07, 6.45) is -2.41. The van der Waals surface area contributed by atoms with Gasteiger partial charge in [-0.3, -0.25) is 29.5 Å². The van der Waals surface area contributed by atoms with Crippen molar-refractivity contribution in [3.63, 3.8) is 0 Å². The number of hydrogen-bond donors (Lipinski definition) is 4. The van der Waals surface area contributed by atoms with Gasteiger partial charge in [0.1, 0.15) is 5.75 Å². The van der Waals surface area contributed by atoms with Crippen LogP contribution in [0.25, 0.3) is 0 Å². The van der Waals surface area contributed by atoms with Gasteiger partial charge in [0.2, 0.25) is 11.8 Å². The molecule has 6 unspecified atom stereocenters. The van der Waals surface area contributed by atoms with Crippen molar-refractivity contribution in [1.82, 2.24) is 9.99 Å². The Morgan fingerprint density at radius 2 is 1.66 bits per heavy atom. The van der Waals surface area contributed by atoms with Crippen molar-refractivity contribution in [1.29, 1.82) is 0 Å². The van der Waals surface area contributed by atoms with Gasteiger partial charge in [-0.1, -0.05) is 71.2 Å². The number of aromatic nitrogens is 1. The average Bonchev–Trinajstić information content (AvgIpc) is 3.54. The maximum absolute atomic E-state index is 15.3. The number of hydrazine groups is 1. The first-order chi connectivity index (χ1) is 26.5. The number of benzene rings is 3. The topological polar surface area (TPSA) is 160 Å². The highest BCUT2D eigenvalue weighted by atomic mass is 35.5.